The van der Waals surface area contributed by atoms with Crippen molar-refractivity contribution < 1.29 is 28.6 Å². The number of ether oxygens (including phenoxy) is 3. The van der Waals surface area contributed by atoms with Crippen molar-refractivity contribution in [3.8, 4) is 5.75 Å². The highest BCUT2D eigenvalue weighted by molar-refractivity contribution is 6.04. The van der Waals surface area contributed by atoms with E-state index in [1.165, 1.54) is 0 Å². The quantitative estimate of drug-likeness (QED) is 0.309. The molecule has 0 bridgehead atoms. The molecule has 4 heterocycles. The molecule has 53 heavy (non-hydrogen) atoms. The summed E-state index contributed by atoms with van der Waals surface area (Å²) >= 11 is 0. The summed E-state index contributed by atoms with van der Waals surface area (Å²) in [5, 5.41) is 6.52. The predicted molar refractivity (Wildman–Crippen MR) is 204 cm³/mol. The van der Waals surface area contributed by atoms with Crippen LogP contribution in [-0.2, 0) is 14.3 Å². The molecule has 290 valence electrons. The highest BCUT2D eigenvalue weighted by atomic mass is 16.6. The van der Waals surface area contributed by atoms with E-state index in [0.29, 0.717) is 54.8 Å². The zero-order valence-corrected chi connectivity index (χ0v) is 32.4. The predicted octanol–water partition coefficient (Wildman–Crippen LogP) is 5.34. The third-order valence-electron chi connectivity index (χ3n) is 10.9. The minimum atomic E-state index is -0.489. The maximum absolute atomic E-state index is 13.3. The Morgan fingerprint density at radius 2 is 1.72 bits per heavy atom. The van der Waals surface area contributed by atoms with Gasteiger partial charge >= 0.3 is 6.09 Å². The van der Waals surface area contributed by atoms with Gasteiger partial charge in [0.05, 0.1) is 31.7 Å². The molecule has 1 aromatic carbocycles. The van der Waals surface area contributed by atoms with Gasteiger partial charge in [-0.25, -0.2) is 9.78 Å². The van der Waals surface area contributed by atoms with Gasteiger partial charge < -0.3 is 44.4 Å². The van der Waals surface area contributed by atoms with Crippen LogP contribution in [0, 0.1) is 0 Å². The number of aromatic nitrogens is 2. The van der Waals surface area contributed by atoms with E-state index in [4.69, 9.17) is 19.2 Å². The lowest BCUT2D eigenvalue weighted by Gasteiger charge is -2.43. The second kappa shape index (κ2) is 16.9. The first kappa shape index (κ1) is 38.6. The van der Waals surface area contributed by atoms with Crippen molar-refractivity contribution in [1.29, 1.82) is 0 Å². The number of hydrogen-bond acceptors (Lipinski definition) is 11. The van der Waals surface area contributed by atoms with Crippen LogP contribution in [0.25, 0.3) is 0 Å². The number of nitrogens with one attached hydrogen (secondary N) is 2. The molecule has 1 aromatic heterocycles. The largest absolute Gasteiger partial charge is 0.495 e. The van der Waals surface area contributed by atoms with E-state index < -0.39 is 5.60 Å². The van der Waals surface area contributed by atoms with Crippen LogP contribution in [0.4, 0.5) is 27.9 Å². The van der Waals surface area contributed by atoms with Crippen LogP contribution in [0.1, 0.15) is 95.8 Å². The van der Waals surface area contributed by atoms with Crippen molar-refractivity contribution in [2.45, 2.75) is 115 Å². The third kappa shape index (κ3) is 9.32. The van der Waals surface area contributed by atoms with Gasteiger partial charge in [-0.05, 0) is 83.9 Å². The molecule has 1 saturated carbocycles. The first-order valence-corrected chi connectivity index (χ1v) is 19.4. The van der Waals surface area contributed by atoms with E-state index in [1.807, 2.05) is 26.8 Å². The lowest BCUT2D eigenvalue weighted by molar-refractivity contribution is -0.120. The van der Waals surface area contributed by atoms with Gasteiger partial charge in [0, 0.05) is 57.4 Å². The van der Waals surface area contributed by atoms with Crippen LogP contribution in [-0.4, -0.2) is 121 Å². The van der Waals surface area contributed by atoms with E-state index in [2.05, 4.69) is 32.3 Å². The molecule has 6 rings (SSSR count). The minimum Gasteiger partial charge on any atom is -0.495 e. The maximum Gasteiger partial charge on any atom is 0.410 e. The smallest absolute Gasteiger partial charge is 0.410 e. The molecule has 14 nitrogen and oxygen atoms in total. The highest BCUT2D eigenvalue weighted by Crippen LogP contribution is 2.40. The van der Waals surface area contributed by atoms with Gasteiger partial charge in [0.1, 0.15) is 23.1 Å². The number of carbonyl (C=O) groups is 3. The molecule has 4 aliphatic rings. The zero-order valence-electron chi connectivity index (χ0n) is 32.4. The summed E-state index contributed by atoms with van der Waals surface area (Å²) in [6.45, 7) is 12.3. The number of nitrogens with zero attached hydrogens (tertiary/aromatic N) is 6. The number of hydrogen-bond donors (Lipinski definition) is 2. The molecule has 1 atom stereocenters. The number of anilines is 4. The third-order valence-corrected chi connectivity index (χ3v) is 10.9. The first-order valence-electron chi connectivity index (χ1n) is 19.4. The fraction of sp³-hybridized carbons (Fsp3) is 0.667. The molecule has 14 heteroatoms. The Morgan fingerprint density at radius 1 is 1.00 bits per heavy atom. The van der Waals surface area contributed by atoms with E-state index in [1.54, 1.807) is 42.3 Å². The number of likely N-dealkylation sites (N-methyl/N-ethyl adjacent to an activating group) is 1. The average Bonchev–Trinajstić information content (AvgIpc) is 3.68. The summed E-state index contributed by atoms with van der Waals surface area (Å²) < 4.78 is 17.4. The van der Waals surface area contributed by atoms with E-state index in [0.717, 1.165) is 76.8 Å². The molecule has 0 radical (unpaired) electrons. The monoisotopic (exact) mass is 734 g/mol. The molecule has 2 aromatic rings. The molecule has 2 saturated heterocycles. The fourth-order valence-electron chi connectivity index (χ4n) is 7.95. The molecule has 1 aliphatic carbocycles. The number of methoxy groups -OCH3 is 1. The molecule has 3 aliphatic heterocycles. The Labute approximate surface area is 313 Å². The van der Waals surface area contributed by atoms with Crippen molar-refractivity contribution in [3.63, 3.8) is 0 Å². The Kier molecular flexibility index (Phi) is 12.3. The summed E-state index contributed by atoms with van der Waals surface area (Å²) in [5.41, 5.74) is 1.39. The summed E-state index contributed by atoms with van der Waals surface area (Å²) in [6.07, 6.45) is 10.1. The minimum absolute atomic E-state index is 0.0774. The topological polar surface area (TPSA) is 142 Å². The average molecular weight is 735 g/mol. The standard InChI is InChI=1S/C39H58N8O6/c1-7-31-36(49)44(5)32-25-40-37(43-34(32)47(31)28-10-8-9-11-28)42-30-13-12-26(24-33(30)51-6)35(48)41-27-14-18-45(19-15-27)22-23-52-29-16-20-46(21-17-29)38(50)53-39(2,3)4/h12-13,24-25,27-29,31H,7-11,14-23H2,1-6H3,(H,41,48)(H,40,42,43)/t31-/m1/s1. The molecule has 0 unspecified atom stereocenters. The van der Waals surface area contributed by atoms with Crippen molar-refractivity contribution in [1.82, 2.24) is 25.1 Å². The van der Waals surface area contributed by atoms with Gasteiger partial charge in [-0.2, -0.15) is 4.98 Å². The van der Waals surface area contributed by atoms with Gasteiger partial charge in [-0.15, -0.1) is 0 Å². The van der Waals surface area contributed by atoms with Crippen LogP contribution >= 0.6 is 0 Å². The maximum atomic E-state index is 13.3. The van der Waals surface area contributed by atoms with Crippen LogP contribution in [0.3, 0.4) is 0 Å². The van der Waals surface area contributed by atoms with Crippen LogP contribution in [0.2, 0.25) is 0 Å². The molecule has 0 spiro atoms. The van der Waals surface area contributed by atoms with E-state index in [-0.39, 0.29) is 42.1 Å². The lowest BCUT2D eigenvalue weighted by atomic mass is 10.0. The van der Waals surface area contributed by atoms with Crippen LogP contribution < -0.4 is 25.2 Å². The van der Waals surface area contributed by atoms with Crippen LogP contribution in [0.15, 0.2) is 24.4 Å². The number of amides is 3. The number of likely N-dealkylation sites (tertiary alicyclic amines) is 2. The first-order chi connectivity index (χ1) is 25.4. The number of rotatable bonds is 11. The SMILES string of the molecule is CC[C@@H]1C(=O)N(C)c2cnc(Nc3ccc(C(=O)NC4CCN(CCOC5CCN(C(=O)OC(C)(C)C)CC5)CC4)cc3OC)nc2N1C1CCCC1. The highest BCUT2D eigenvalue weighted by Gasteiger charge is 2.41. The number of benzene rings is 1. The summed E-state index contributed by atoms with van der Waals surface area (Å²) in [4.78, 5) is 56.5. The Hall–Kier alpha value is -4.17. The second-order valence-corrected chi connectivity index (χ2v) is 15.7. The van der Waals surface area contributed by atoms with Gasteiger partial charge in [-0.3, -0.25) is 9.59 Å². The number of fused-ring (bicyclic) bond motifs is 1. The van der Waals surface area contributed by atoms with Gasteiger partial charge in [0.25, 0.3) is 5.91 Å². The summed E-state index contributed by atoms with van der Waals surface area (Å²) in [7, 11) is 3.37. The van der Waals surface area contributed by atoms with Crippen molar-refractivity contribution in [3.05, 3.63) is 30.0 Å². The van der Waals surface area contributed by atoms with Crippen molar-refractivity contribution >= 4 is 41.0 Å². The van der Waals surface area contributed by atoms with E-state index >= 15 is 0 Å². The van der Waals surface area contributed by atoms with Crippen molar-refractivity contribution in [2.75, 3.05) is 68.6 Å². The second-order valence-electron chi connectivity index (χ2n) is 15.7. The van der Waals surface area contributed by atoms with Gasteiger partial charge in [0.15, 0.2) is 5.82 Å². The van der Waals surface area contributed by atoms with Gasteiger partial charge in [-0.1, -0.05) is 19.8 Å². The summed E-state index contributed by atoms with van der Waals surface area (Å²) in [6, 6.07) is 5.46. The molecular weight excluding hydrogens is 676 g/mol. The van der Waals surface area contributed by atoms with Crippen molar-refractivity contribution in [2.24, 2.45) is 0 Å². The molecular formula is C39H58N8O6. The Balaban J connectivity index is 0.977. The Morgan fingerprint density at radius 3 is 2.38 bits per heavy atom. The van der Waals surface area contributed by atoms with E-state index in [9.17, 15) is 14.4 Å². The lowest BCUT2D eigenvalue weighted by Crippen LogP contribution is -2.55. The normalized spacial score (nSPS) is 20.8. The molecule has 3 amide bonds. The molecule has 2 N–H and O–H groups in total. The van der Waals surface area contributed by atoms with Crippen LogP contribution in [0.5, 0.6) is 5.75 Å². The van der Waals surface area contributed by atoms with Gasteiger partial charge in [0.2, 0.25) is 11.9 Å². The Bertz CT molecular complexity index is 1590. The summed E-state index contributed by atoms with van der Waals surface area (Å²) in [5.74, 6) is 1.63. The number of piperidine rings is 2. The number of carbonyl (C=O) groups excluding carboxylic acids is 3. The fourth-order valence-corrected chi connectivity index (χ4v) is 7.95. The molecule has 3 fully saturated rings. The zero-order chi connectivity index (χ0) is 37.7.